The van der Waals surface area contributed by atoms with Crippen LogP contribution >= 0.6 is 11.6 Å². The molecule has 2 rings (SSSR count). The summed E-state index contributed by atoms with van der Waals surface area (Å²) in [5.41, 5.74) is 1.10. The van der Waals surface area contributed by atoms with Crippen LogP contribution in [0.25, 0.3) is 0 Å². The maximum absolute atomic E-state index is 5.99. The summed E-state index contributed by atoms with van der Waals surface area (Å²) < 4.78 is 0. The van der Waals surface area contributed by atoms with Gasteiger partial charge in [-0.1, -0.05) is 44.4 Å². The molecule has 3 heteroatoms. The second kappa shape index (κ2) is 7.25. The summed E-state index contributed by atoms with van der Waals surface area (Å²) in [5.74, 6) is 0.760. The van der Waals surface area contributed by atoms with Crippen LogP contribution in [-0.2, 0) is 6.54 Å². The molecule has 0 atom stereocenters. The highest BCUT2D eigenvalue weighted by atomic mass is 35.5. The van der Waals surface area contributed by atoms with Crippen LogP contribution in [0.4, 0.5) is 0 Å². The molecule has 0 aromatic carbocycles. The van der Waals surface area contributed by atoms with Gasteiger partial charge in [0, 0.05) is 12.6 Å². The Kier molecular flexibility index (Phi) is 5.65. The lowest BCUT2D eigenvalue weighted by Crippen LogP contribution is -2.34. The molecule has 1 fully saturated rings. The minimum absolute atomic E-state index is 0.604. The minimum Gasteiger partial charge on any atom is -0.295 e. The second-order valence-corrected chi connectivity index (χ2v) is 6.43. The number of hydrogen-bond acceptors (Lipinski definition) is 2. The molecule has 1 aliphatic rings. The number of hydrogen-bond donors (Lipinski definition) is 0. The van der Waals surface area contributed by atoms with Crippen LogP contribution in [0, 0.1) is 5.92 Å². The Hall–Kier alpha value is -0.600. The van der Waals surface area contributed by atoms with Gasteiger partial charge in [-0.2, -0.15) is 0 Å². The molecule has 0 radical (unpaired) electrons. The summed E-state index contributed by atoms with van der Waals surface area (Å²) in [6.07, 6.45) is 6.71. The molecule has 2 nitrogen and oxygen atoms in total. The Bertz CT molecular complexity index is 386. The summed E-state index contributed by atoms with van der Waals surface area (Å²) in [4.78, 5) is 7.05. The number of halogens is 1. The maximum atomic E-state index is 5.99. The monoisotopic (exact) mass is 280 g/mol. The fraction of sp³-hybridized carbons (Fsp3) is 0.688. The fourth-order valence-corrected chi connectivity index (χ4v) is 3.01. The lowest BCUT2D eigenvalue weighted by Gasteiger charge is -2.29. The quantitative estimate of drug-likeness (QED) is 0.712. The first kappa shape index (κ1) is 14.8. The van der Waals surface area contributed by atoms with Gasteiger partial charge in [0.05, 0.1) is 5.69 Å². The molecule has 1 aliphatic carbocycles. The predicted molar refractivity (Wildman–Crippen MR) is 81.4 cm³/mol. The van der Waals surface area contributed by atoms with Gasteiger partial charge in [-0.15, -0.1) is 0 Å². The van der Waals surface area contributed by atoms with Gasteiger partial charge in [0.2, 0.25) is 0 Å². The van der Waals surface area contributed by atoms with Crippen molar-refractivity contribution >= 4 is 11.6 Å². The Morgan fingerprint density at radius 2 is 2.05 bits per heavy atom. The van der Waals surface area contributed by atoms with E-state index in [4.69, 9.17) is 11.6 Å². The van der Waals surface area contributed by atoms with E-state index in [0.29, 0.717) is 5.15 Å². The van der Waals surface area contributed by atoms with Crippen molar-refractivity contribution in [1.82, 2.24) is 9.88 Å². The van der Waals surface area contributed by atoms with Crippen LogP contribution < -0.4 is 0 Å². The SMILES string of the molecule is CC(C)CCN(Cc1cccc(Cl)n1)C1CCCC1. The summed E-state index contributed by atoms with van der Waals surface area (Å²) >= 11 is 5.99. The van der Waals surface area contributed by atoms with Crippen molar-refractivity contribution in [2.24, 2.45) is 5.92 Å². The average Bonchev–Trinajstić information content (AvgIpc) is 2.88. The van der Waals surface area contributed by atoms with E-state index in [0.717, 1.165) is 24.2 Å². The third-order valence-corrected chi connectivity index (χ3v) is 4.18. The maximum Gasteiger partial charge on any atom is 0.129 e. The van der Waals surface area contributed by atoms with Gasteiger partial charge < -0.3 is 0 Å². The van der Waals surface area contributed by atoms with E-state index in [1.54, 1.807) is 0 Å². The van der Waals surface area contributed by atoms with Gasteiger partial charge in [0.1, 0.15) is 5.15 Å². The van der Waals surface area contributed by atoms with E-state index in [2.05, 4.69) is 29.8 Å². The van der Waals surface area contributed by atoms with Gasteiger partial charge in [-0.3, -0.25) is 4.90 Å². The van der Waals surface area contributed by atoms with Crippen molar-refractivity contribution in [3.8, 4) is 0 Å². The zero-order valence-electron chi connectivity index (χ0n) is 12.1. The first-order valence-corrected chi connectivity index (χ1v) is 7.88. The molecule has 1 heterocycles. The molecule has 0 saturated heterocycles. The molecular weight excluding hydrogens is 256 g/mol. The highest BCUT2D eigenvalue weighted by Crippen LogP contribution is 2.25. The van der Waals surface area contributed by atoms with Crippen LogP contribution in [-0.4, -0.2) is 22.5 Å². The van der Waals surface area contributed by atoms with E-state index in [9.17, 15) is 0 Å². The molecule has 0 bridgehead atoms. The van der Waals surface area contributed by atoms with Crippen LogP contribution in [0.1, 0.15) is 51.6 Å². The molecule has 1 aromatic rings. The Morgan fingerprint density at radius 1 is 1.32 bits per heavy atom. The van der Waals surface area contributed by atoms with Gasteiger partial charge in [0.15, 0.2) is 0 Å². The highest BCUT2D eigenvalue weighted by Gasteiger charge is 2.22. The Balaban J connectivity index is 1.99. The smallest absolute Gasteiger partial charge is 0.129 e. The predicted octanol–water partition coefficient (Wildman–Crippen LogP) is 4.53. The molecular formula is C16H25ClN2. The molecule has 0 aliphatic heterocycles. The molecule has 19 heavy (non-hydrogen) atoms. The van der Waals surface area contributed by atoms with Gasteiger partial charge >= 0.3 is 0 Å². The number of rotatable bonds is 6. The summed E-state index contributed by atoms with van der Waals surface area (Å²) in [6.45, 7) is 6.71. The van der Waals surface area contributed by atoms with Crippen molar-refractivity contribution in [3.63, 3.8) is 0 Å². The standard InChI is InChI=1S/C16H25ClN2/c1-13(2)10-11-19(15-7-3-4-8-15)12-14-6-5-9-16(17)18-14/h5-6,9,13,15H,3-4,7-8,10-12H2,1-2H3. The van der Waals surface area contributed by atoms with Crippen molar-refractivity contribution in [3.05, 3.63) is 29.0 Å². The zero-order chi connectivity index (χ0) is 13.7. The summed E-state index contributed by atoms with van der Waals surface area (Å²) in [6, 6.07) is 6.68. The van der Waals surface area contributed by atoms with Gasteiger partial charge in [-0.25, -0.2) is 4.98 Å². The molecule has 106 valence electrons. The number of aromatic nitrogens is 1. The number of pyridine rings is 1. The zero-order valence-corrected chi connectivity index (χ0v) is 12.9. The Labute approximate surface area is 122 Å². The fourth-order valence-electron chi connectivity index (χ4n) is 2.83. The van der Waals surface area contributed by atoms with E-state index >= 15 is 0 Å². The second-order valence-electron chi connectivity index (χ2n) is 6.04. The highest BCUT2D eigenvalue weighted by molar-refractivity contribution is 6.29. The Morgan fingerprint density at radius 3 is 2.68 bits per heavy atom. The van der Waals surface area contributed by atoms with Crippen LogP contribution in [0.5, 0.6) is 0 Å². The van der Waals surface area contributed by atoms with Gasteiger partial charge in [0.25, 0.3) is 0 Å². The van der Waals surface area contributed by atoms with E-state index < -0.39 is 0 Å². The molecule has 0 spiro atoms. The molecule has 1 saturated carbocycles. The first-order chi connectivity index (χ1) is 9.15. The van der Waals surface area contributed by atoms with Crippen molar-refractivity contribution in [1.29, 1.82) is 0 Å². The summed E-state index contributed by atoms with van der Waals surface area (Å²) in [7, 11) is 0. The van der Waals surface area contributed by atoms with Crippen LogP contribution in [0.3, 0.4) is 0 Å². The minimum atomic E-state index is 0.604. The third kappa shape index (κ3) is 4.77. The number of nitrogens with zero attached hydrogens (tertiary/aromatic N) is 2. The van der Waals surface area contributed by atoms with E-state index in [1.165, 1.54) is 38.6 Å². The van der Waals surface area contributed by atoms with E-state index in [1.807, 2.05) is 12.1 Å². The lowest BCUT2D eigenvalue weighted by atomic mass is 10.1. The van der Waals surface area contributed by atoms with E-state index in [-0.39, 0.29) is 0 Å². The largest absolute Gasteiger partial charge is 0.295 e. The third-order valence-electron chi connectivity index (χ3n) is 3.97. The molecule has 0 unspecified atom stereocenters. The molecule has 0 amide bonds. The lowest BCUT2D eigenvalue weighted by molar-refractivity contribution is 0.177. The van der Waals surface area contributed by atoms with Crippen LogP contribution in [0.2, 0.25) is 5.15 Å². The molecule has 0 N–H and O–H groups in total. The summed E-state index contributed by atoms with van der Waals surface area (Å²) in [5, 5.41) is 0.604. The van der Waals surface area contributed by atoms with Crippen molar-refractivity contribution < 1.29 is 0 Å². The average molecular weight is 281 g/mol. The first-order valence-electron chi connectivity index (χ1n) is 7.50. The van der Waals surface area contributed by atoms with Crippen molar-refractivity contribution in [2.75, 3.05) is 6.54 Å². The molecule has 1 aromatic heterocycles. The van der Waals surface area contributed by atoms with Crippen LogP contribution in [0.15, 0.2) is 18.2 Å². The topological polar surface area (TPSA) is 16.1 Å². The van der Waals surface area contributed by atoms with Crippen molar-refractivity contribution in [2.45, 2.75) is 58.5 Å². The van der Waals surface area contributed by atoms with Gasteiger partial charge in [-0.05, 0) is 43.9 Å². The normalized spacial score (nSPS) is 16.7.